The molecule has 1 fully saturated rings. The number of pyridine rings is 1. The smallest absolute Gasteiger partial charge is 0.255 e. The maximum absolute atomic E-state index is 12.6. The zero-order valence-corrected chi connectivity index (χ0v) is 14.8. The normalized spacial score (nSPS) is 14.4. The fourth-order valence-electron chi connectivity index (χ4n) is 3.19. The first kappa shape index (κ1) is 17.4. The van der Waals surface area contributed by atoms with Gasteiger partial charge in [-0.1, -0.05) is 18.2 Å². The Kier molecular flexibility index (Phi) is 6.01. The highest BCUT2D eigenvalue weighted by atomic mass is 16.1. The zero-order valence-electron chi connectivity index (χ0n) is 14.8. The molecule has 1 saturated heterocycles. The van der Waals surface area contributed by atoms with Crippen molar-refractivity contribution < 1.29 is 4.79 Å². The minimum atomic E-state index is -0.0841. The van der Waals surface area contributed by atoms with Crippen LogP contribution in [0.3, 0.4) is 0 Å². The van der Waals surface area contributed by atoms with Crippen LogP contribution in [0.2, 0.25) is 0 Å². The lowest BCUT2D eigenvalue weighted by atomic mass is 10.0. The van der Waals surface area contributed by atoms with E-state index in [0.29, 0.717) is 0 Å². The maximum Gasteiger partial charge on any atom is 0.255 e. The SMILES string of the molecule is CNCCc1ccccc1C(=O)Nc1ccc(N2CCCCC2)nc1. The molecule has 1 aliphatic rings. The number of nitrogens with zero attached hydrogens (tertiary/aromatic N) is 2. The number of hydrogen-bond acceptors (Lipinski definition) is 4. The van der Waals surface area contributed by atoms with Gasteiger partial charge in [0.15, 0.2) is 0 Å². The predicted octanol–water partition coefficient (Wildman–Crippen LogP) is 3.09. The van der Waals surface area contributed by atoms with E-state index in [2.05, 4.69) is 20.5 Å². The number of benzene rings is 1. The summed E-state index contributed by atoms with van der Waals surface area (Å²) in [6, 6.07) is 11.7. The topological polar surface area (TPSA) is 57.3 Å². The molecule has 5 nitrogen and oxygen atoms in total. The lowest BCUT2D eigenvalue weighted by Crippen LogP contribution is -2.30. The van der Waals surface area contributed by atoms with E-state index in [9.17, 15) is 4.79 Å². The molecule has 0 unspecified atom stereocenters. The van der Waals surface area contributed by atoms with Gasteiger partial charge in [-0.05, 0) is 63.0 Å². The van der Waals surface area contributed by atoms with E-state index in [0.717, 1.165) is 48.7 Å². The van der Waals surface area contributed by atoms with Crippen LogP contribution in [0, 0.1) is 0 Å². The summed E-state index contributed by atoms with van der Waals surface area (Å²) in [6.07, 6.45) is 6.33. The van der Waals surface area contributed by atoms with Gasteiger partial charge in [-0.25, -0.2) is 4.98 Å². The second-order valence-corrected chi connectivity index (χ2v) is 6.42. The Morgan fingerprint density at radius 2 is 1.92 bits per heavy atom. The molecule has 0 aliphatic carbocycles. The third kappa shape index (κ3) is 4.57. The summed E-state index contributed by atoms with van der Waals surface area (Å²) in [6.45, 7) is 2.98. The average Bonchev–Trinajstić information content (AvgIpc) is 2.68. The van der Waals surface area contributed by atoms with Crippen molar-refractivity contribution in [3.63, 3.8) is 0 Å². The molecular weight excluding hydrogens is 312 g/mol. The number of aromatic nitrogens is 1. The highest BCUT2D eigenvalue weighted by molar-refractivity contribution is 6.05. The van der Waals surface area contributed by atoms with Crippen LogP contribution < -0.4 is 15.5 Å². The van der Waals surface area contributed by atoms with E-state index in [4.69, 9.17) is 0 Å². The highest BCUT2D eigenvalue weighted by Gasteiger charge is 2.13. The second-order valence-electron chi connectivity index (χ2n) is 6.42. The fourth-order valence-corrected chi connectivity index (χ4v) is 3.19. The van der Waals surface area contributed by atoms with Gasteiger partial charge in [-0.2, -0.15) is 0 Å². The summed E-state index contributed by atoms with van der Waals surface area (Å²) in [5.41, 5.74) is 2.50. The first-order valence-electron chi connectivity index (χ1n) is 9.03. The minimum Gasteiger partial charge on any atom is -0.357 e. The molecule has 1 aliphatic heterocycles. The van der Waals surface area contributed by atoms with Crippen LogP contribution in [0.5, 0.6) is 0 Å². The second kappa shape index (κ2) is 8.62. The summed E-state index contributed by atoms with van der Waals surface area (Å²) < 4.78 is 0. The largest absolute Gasteiger partial charge is 0.357 e. The number of likely N-dealkylation sites (N-methyl/N-ethyl adjacent to an activating group) is 1. The van der Waals surface area contributed by atoms with Crippen LogP contribution in [-0.2, 0) is 6.42 Å². The molecule has 0 atom stereocenters. The van der Waals surface area contributed by atoms with E-state index in [1.165, 1.54) is 19.3 Å². The molecule has 0 radical (unpaired) electrons. The van der Waals surface area contributed by atoms with Gasteiger partial charge in [0.1, 0.15) is 5.82 Å². The van der Waals surface area contributed by atoms with Crippen molar-refractivity contribution >= 4 is 17.4 Å². The van der Waals surface area contributed by atoms with Gasteiger partial charge in [0.05, 0.1) is 11.9 Å². The Balaban J connectivity index is 1.67. The van der Waals surface area contributed by atoms with Crippen molar-refractivity contribution in [3.05, 3.63) is 53.7 Å². The first-order valence-corrected chi connectivity index (χ1v) is 9.03. The Morgan fingerprint density at radius 3 is 2.64 bits per heavy atom. The summed E-state index contributed by atoms with van der Waals surface area (Å²) in [5.74, 6) is 0.909. The number of hydrogen-bond donors (Lipinski definition) is 2. The molecule has 1 aromatic heterocycles. The van der Waals surface area contributed by atoms with Crippen LogP contribution in [0.4, 0.5) is 11.5 Å². The van der Waals surface area contributed by atoms with E-state index >= 15 is 0 Å². The van der Waals surface area contributed by atoms with Crippen molar-refractivity contribution in [2.45, 2.75) is 25.7 Å². The van der Waals surface area contributed by atoms with Gasteiger partial charge in [0, 0.05) is 18.7 Å². The standard InChI is InChI=1S/C20H26N4O/c1-21-12-11-16-7-3-4-8-18(16)20(25)23-17-9-10-19(22-15-17)24-13-5-2-6-14-24/h3-4,7-10,15,21H,2,5-6,11-14H2,1H3,(H,23,25). The first-order chi connectivity index (χ1) is 12.3. The van der Waals surface area contributed by atoms with Crippen molar-refractivity contribution in [2.24, 2.45) is 0 Å². The van der Waals surface area contributed by atoms with Crippen molar-refractivity contribution in [2.75, 3.05) is 36.9 Å². The van der Waals surface area contributed by atoms with Gasteiger partial charge in [0.2, 0.25) is 0 Å². The maximum atomic E-state index is 12.6. The van der Waals surface area contributed by atoms with Crippen LogP contribution in [0.25, 0.3) is 0 Å². The van der Waals surface area contributed by atoms with Gasteiger partial charge < -0.3 is 15.5 Å². The number of carbonyl (C=O) groups is 1. The van der Waals surface area contributed by atoms with Gasteiger partial charge in [0.25, 0.3) is 5.91 Å². The zero-order chi connectivity index (χ0) is 17.5. The third-order valence-electron chi connectivity index (χ3n) is 4.59. The monoisotopic (exact) mass is 338 g/mol. The number of carbonyl (C=O) groups excluding carboxylic acids is 1. The van der Waals surface area contributed by atoms with Gasteiger partial charge in [-0.3, -0.25) is 4.79 Å². The summed E-state index contributed by atoms with van der Waals surface area (Å²) >= 11 is 0. The molecule has 25 heavy (non-hydrogen) atoms. The van der Waals surface area contributed by atoms with Crippen LogP contribution in [0.1, 0.15) is 35.2 Å². The fraction of sp³-hybridized carbons (Fsp3) is 0.400. The number of rotatable bonds is 6. The summed E-state index contributed by atoms with van der Waals surface area (Å²) in [5, 5.41) is 6.09. The number of anilines is 2. The highest BCUT2D eigenvalue weighted by Crippen LogP contribution is 2.19. The van der Waals surface area contributed by atoms with Gasteiger partial charge in [-0.15, -0.1) is 0 Å². The lowest BCUT2D eigenvalue weighted by Gasteiger charge is -2.27. The van der Waals surface area contributed by atoms with E-state index in [1.54, 1.807) is 6.20 Å². The van der Waals surface area contributed by atoms with E-state index in [-0.39, 0.29) is 5.91 Å². The molecule has 5 heteroatoms. The van der Waals surface area contributed by atoms with Gasteiger partial charge >= 0.3 is 0 Å². The number of amides is 1. The average molecular weight is 338 g/mol. The summed E-state index contributed by atoms with van der Waals surface area (Å²) in [4.78, 5) is 19.4. The minimum absolute atomic E-state index is 0.0841. The van der Waals surface area contributed by atoms with Crippen molar-refractivity contribution in [3.8, 4) is 0 Å². The molecule has 1 amide bonds. The lowest BCUT2D eigenvalue weighted by molar-refractivity contribution is 0.102. The molecule has 132 valence electrons. The molecule has 3 rings (SSSR count). The molecule has 1 aromatic carbocycles. The van der Waals surface area contributed by atoms with E-state index < -0.39 is 0 Å². The Morgan fingerprint density at radius 1 is 1.12 bits per heavy atom. The molecule has 0 saturated carbocycles. The number of nitrogens with one attached hydrogen (secondary N) is 2. The molecule has 0 bridgehead atoms. The summed E-state index contributed by atoms with van der Waals surface area (Å²) in [7, 11) is 1.91. The Labute approximate surface area is 149 Å². The van der Waals surface area contributed by atoms with Crippen molar-refractivity contribution in [1.29, 1.82) is 0 Å². The predicted molar refractivity (Wildman–Crippen MR) is 102 cm³/mol. The third-order valence-corrected chi connectivity index (χ3v) is 4.59. The molecule has 2 aromatic rings. The quantitative estimate of drug-likeness (QED) is 0.850. The molecular formula is C20H26N4O. The van der Waals surface area contributed by atoms with E-state index in [1.807, 2.05) is 43.4 Å². The molecule has 2 heterocycles. The van der Waals surface area contributed by atoms with Crippen LogP contribution in [-0.4, -0.2) is 37.6 Å². The van der Waals surface area contributed by atoms with Crippen molar-refractivity contribution in [1.82, 2.24) is 10.3 Å². The Hall–Kier alpha value is -2.40. The number of piperidine rings is 1. The molecule has 2 N–H and O–H groups in total. The Bertz CT molecular complexity index is 693. The molecule has 0 spiro atoms. The van der Waals surface area contributed by atoms with Crippen LogP contribution >= 0.6 is 0 Å². The van der Waals surface area contributed by atoms with Crippen LogP contribution in [0.15, 0.2) is 42.6 Å².